The van der Waals surface area contributed by atoms with Gasteiger partial charge in [0, 0.05) is 0 Å². The van der Waals surface area contributed by atoms with Crippen LogP contribution in [0.25, 0.3) is 0 Å². The number of amides is 1. The zero-order valence-electron chi connectivity index (χ0n) is 12.1. The number of nitrogens with one attached hydrogen (secondary N) is 1. The lowest BCUT2D eigenvalue weighted by Crippen LogP contribution is -2.29. The highest BCUT2D eigenvalue weighted by molar-refractivity contribution is 7.12. The number of ether oxygens (including phenoxy) is 1. The lowest BCUT2D eigenvalue weighted by Gasteiger charge is -2.17. The van der Waals surface area contributed by atoms with Crippen molar-refractivity contribution in [2.24, 2.45) is 0 Å². The number of rotatable bonds is 7. The van der Waals surface area contributed by atoms with E-state index in [4.69, 9.17) is 9.84 Å². The van der Waals surface area contributed by atoms with Crippen molar-refractivity contribution in [1.82, 2.24) is 5.32 Å². The summed E-state index contributed by atoms with van der Waals surface area (Å²) in [4.78, 5) is 23.7. The number of carboxylic acid groups (broad SMARTS) is 1. The standard InChI is InChI=1S/C16H17NO4S/c1-2-21-12-7-5-11(6-8-12)13(10-15(18)19)17-16(20)14-4-3-9-22-14/h3-9,13H,2,10H2,1H3,(H,17,20)(H,18,19)/t13-/m0/s1. The number of thiophene rings is 1. The van der Waals surface area contributed by atoms with Crippen LogP contribution in [0.5, 0.6) is 5.75 Å². The lowest BCUT2D eigenvalue weighted by molar-refractivity contribution is -0.137. The minimum atomic E-state index is -0.967. The van der Waals surface area contributed by atoms with Gasteiger partial charge >= 0.3 is 5.97 Å². The van der Waals surface area contributed by atoms with Gasteiger partial charge < -0.3 is 15.2 Å². The van der Waals surface area contributed by atoms with Gasteiger partial charge in [-0.05, 0) is 36.1 Å². The van der Waals surface area contributed by atoms with Crippen molar-refractivity contribution < 1.29 is 19.4 Å². The van der Waals surface area contributed by atoms with Crippen LogP contribution in [0.15, 0.2) is 41.8 Å². The first kappa shape index (κ1) is 16.0. The fourth-order valence-electron chi connectivity index (χ4n) is 2.03. The van der Waals surface area contributed by atoms with Crippen molar-refractivity contribution in [1.29, 1.82) is 0 Å². The maximum atomic E-state index is 12.1. The lowest BCUT2D eigenvalue weighted by atomic mass is 10.0. The van der Waals surface area contributed by atoms with Crippen molar-refractivity contribution in [3.05, 3.63) is 52.2 Å². The Morgan fingerprint density at radius 1 is 1.27 bits per heavy atom. The topological polar surface area (TPSA) is 75.6 Å². The van der Waals surface area contributed by atoms with Crippen molar-refractivity contribution in [2.45, 2.75) is 19.4 Å². The Morgan fingerprint density at radius 2 is 2.00 bits per heavy atom. The summed E-state index contributed by atoms with van der Waals surface area (Å²) in [6.07, 6.45) is -0.175. The Balaban J connectivity index is 2.14. The van der Waals surface area contributed by atoms with E-state index in [9.17, 15) is 9.59 Å². The molecular formula is C16H17NO4S. The van der Waals surface area contributed by atoms with Crippen LogP contribution in [0.3, 0.4) is 0 Å². The molecule has 2 N–H and O–H groups in total. The zero-order chi connectivity index (χ0) is 15.9. The number of aliphatic carboxylic acids is 1. The second-order valence-electron chi connectivity index (χ2n) is 4.60. The molecule has 1 amide bonds. The molecule has 0 bridgehead atoms. The summed E-state index contributed by atoms with van der Waals surface area (Å²) in [5.74, 6) is -0.523. The summed E-state index contributed by atoms with van der Waals surface area (Å²) >= 11 is 1.32. The van der Waals surface area contributed by atoms with Crippen LogP contribution in [0.4, 0.5) is 0 Å². The minimum Gasteiger partial charge on any atom is -0.494 e. The van der Waals surface area contributed by atoms with Gasteiger partial charge in [-0.1, -0.05) is 18.2 Å². The van der Waals surface area contributed by atoms with Crippen molar-refractivity contribution >= 4 is 23.2 Å². The average molecular weight is 319 g/mol. The van der Waals surface area contributed by atoms with Crippen LogP contribution in [-0.2, 0) is 4.79 Å². The second-order valence-corrected chi connectivity index (χ2v) is 5.55. The Hall–Kier alpha value is -2.34. The molecule has 0 saturated heterocycles. The molecule has 0 saturated carbocycles. The van der Waals surface area contributed by atoms with Crippen molar-refractivity contribution in [3.63, 3.8) is 0 Å². The van der Waals surface area contributed by atoms with Gasteiger partial charge in [0.2, 0.25) is 0 Å². The van der Waals surface area contributed by atoms with Crippen LogP contribution in [-0.4, -0.2) is 23.6 Å². The molecule has 0 radical (unpaired) electrons. The molecule has 22 heavy (non-hydrogen) atoms. The summed E-state index contributed by atoms with van der Waals surface area (Å²) in [7, 11) is 0. The van der Waals surface area contributed by atoms with Crippen molar-refractivity contribution in [3.8, 4) is 5.75 Å². The molecule has 6 heteroatoms. The molecule has 0 aliphatic carbocycles. The van der Waals surface area contributed by atoms with Gasteiger partial charge in [0.15, 0.2) is 0 Å². The average Bonchev–Trinajstić information content (AvgIpc) is 3.01. The van der Waals surface area contributed by atoms with E-state index < -0.39 is 12.0 Å². The quantitative estimate of drug-likeness (QED) is 0.822. The van der Waals surface area contributed by atoms with E-state index in [1.54, 1.807) is 41.8 Å². The molecule has 1 atom stereocenters. The normalized spacial score (nSPS) is 11.7. The molecule has 1 aromatic carbocycles. The fourth-order valence-corrected chi connectivity index (χ4v) is 2.65. The number of carbonyl (C=O) groups excluding carboxylic acids is 1. The van der Waals surface area contributed by atoms with Crippen molar-refractivity contribution in [2.75, 3.05) is 6.61 Å². The number of carbonyl (C=O) groups is 2. The third-order valence-corrected chi connectivity index (χ3v) is 3.89. The van der Waals surface area contributed by atoms with E-state index >= 15 is 0 Å². The SMILES string of the molecule is CCOc1ccc([C@H](CC(=O)O)NC(=O)c2cccs2)cc1. The molecule has 0 aliphatic rings. The molecule has 1 heterocycles. The molecule has 0 unspecified atom stereocenters. The second kappa shape index (κ2) is 7.61. The van der Waals surface area contributed by atoms with Gasteiger partial charge in [-0.25, -0.2) is 0 Å². The van der Waals surface area contributed by atoms with Gasteiger partial charge in [0.25, 0.3) is 5.91 Å². The number of carboxylic acids is 1. The smallest absolute Gasteiger partial charge is 0.305 e. The first-order valence-electron chi connectivity index (χ1n) is 6.89. The first-order valence-corrected chi connectivity index (χ1v) is 7.77. The predicted molar refractivity (Wildman–Crippen MR) is 84.4 cm³/mol. The van der Waals surface area contributed by atoms with E-state index in [1.165, 1.54) is 11.3 Å². The van der Waals surface area contributed by atoms with E-state index in [2.05, 4.69) is 5.32 Å². The van der Waals surface area contributed by atoms with E-state index in [0.717, 1.165) is 5.56 Å². The molecule has 0 aliphatic heterocycles. The van der Waals surface area contributed by atoms with Crippen LogP contribution in [0.1, 0.15) is 34.6 Å². The largest absolute Gasteiger partial charge is 0.494 e. The van der Waals surface area contributed by atoms with E-state index in [-0.39, 0.29) is 12.3 Å². The third kappa shape index (κ3) is 4.33. The maximum Gasteiger partial charge on any atom is 0.305 e. The van der Waals surface area contributed by atoms with Gasteiger partial charge in [-0.3, -0.25) is 9.59 Å². The highest BCUT2D eigenvalue weighted by atomic mass is 32.1. The predicted octanol–water partition coefficient (Wildman–Crippen LogP) is 3.09. The third-order valence-electron chi connectivity index (χ3n) is 3.02. The molecule has 1 aromatic heterocycles. The van der Waals surface area contributed by atoms with Gasteiger partial charge in [-0.2, -0.15) is 0 Å². The Morgan fingerprint density at radius 3 is 2.55 bits per heavy atom. The number of hydrogen-bond donors (Lipinski definition) is 2. The number of hydrogen-bond acceptors (Lipinski definition) is 4. The molecule has 0 fully saturated rings. The summed E-state index contributed by atoms with van der Waals surface area (Å²) in [5, 5.41) is 13.6. The number of benzene rings is 1. The Labute approximate surface area is 132 Å². The molecular weight excluding hydrogens is 302 g/mol. The Kier molecular flexibility index (Phi) is 5.55. The van der Waals surface area contributed by atoms with Crippen LogP contribution in [0.2, 0.25) is 0 Å². The molecule has 2 aromatic rings. The molecule has 0 spiro atoms. The van der Waals surface area contributed by atoms with Gasteiger partial charge in [-0.15, -0.1) is 11.3 Å². The molecule has 5 nitrogen and oxygen atoms in total. The summed E-state index contributed by atoms with van der Waals surface area (Å²) in [6, 6.07) is 9.98. The molecule has 116 valence electrons. The first-order chi connectivity index (χ1) is 10.6. The summed E-state index contributed by atoms with van der Waals surface area (Å²) in [6.45, 7) is 2.45. The minimum absolute atomic E-state index is 0.175. The summed E-state index contributed by atoms with van der Waals surface area (Å²) < 4.78 is 5.36. The zero-order valence-corrected chi connectivity index (χ0v) is 12.9. The highest BCUT2D eigenvalue weighted by Crippen LogP contribution is 2.21. The monoisotopic (exact) mass is 319 g/mol. The van der Waals surface area contributed by atoms with Gasteiger partial charge in [0.1, 0.15) is 5.75 Å². The fraction of sp³-hybridized carbons (Fsp3) is 0.250. The summed E-state index contributed by atoms with van der Waals surface area (Å²) in [5.41, 5.74) is 0.732. The van der Waals surface area contributed by atoms with E-state index in [1.807, 2.05) is 6.92 Å². The molecule has 2 rings (SSSR count). The van der Waals surface area contributed by atoms with Crippen LogP contribution >= 0.6 is 11.3 Å². The van der Waals surface area contributed by atoms with Gasteiger partial charge in [0.05, 0.1) is 23.9 Å². The highest BCUT2D eigenvalue weighted by Gasteiger charge is 2.19. The van der Waals surface area contributed by atoms with E-state index in [0.29, 0.717) is 17.2 Å². The maximum absolute atomic E-state index is 12.1. The Bertz CT molecular complexity index is 622. The van der Waals surface area contributed by atoms with Crippen LogP contribution in [0, 0.1) is 0 Å². The van der Waals surface area contributed by atoms with Crippen LogP contribution < -0.4 is 10.1 Å².